The second-order valence-electron chi connectivity index (χ2n) is 6.65. The molecule has 1 amide bonds. The maximum Gasteiger partial charge on any atom is 0.244 e. The Morgan fingerprint density at radius 2 is 2.00 bits per heavy atom. The van der Waals surface area contributed by atoms with E-state index >= 15 is 0 Å². The molecule has 0 aliphatic heterocycles. The lowest BCUT2D eigenvalue weighted by Gasteiger charge is -2.05. The molecule has 0 bridgehead atoms. The Hall–Kier alpha value is -2.88. The van der Waals surface area contributed by atoms with Crippen LogP contribution in [0.15, 0.2) is 72.4 Å². The van der Waals surface area contributed by atoms with Gasteiger partial charge in [-0.25, -0.2) is 4.98 Å². The van der Waals surface area contributed by atoms with Crippen LogP contribution in [0.2, 0.25) is 0 Å². The summed E-state index contributed by atoms with van der Waals surface area (Å²) < 4.78 is 5.73. The van der Waals surface area contributed by atoms with E-state index in [-0.39, 0.29) is 5.91 Å². The van der Waals surface area contributed by atoms with Crippen LogP contribution in [0.1, 0.15) is 33.1 Å². The molecule has 2 rings (SSSR count). The first-order valence-corrected chi connectivity index (χ1v) is 9.30. The molecule has 1 N–H and O–H groups in total. The molecule has 4 nitrogen and oxygen atoms in total. The van der Waals surface area contributed by atoms with E-state index in [1.807, 2.05) is 56.3 Å². The number of allylic oxidation sites excluding steroid dienone is 3. The van der Waals surface area contributed by atoms with Crippen LogP contribution in [0.4, 0.5) is 0 Å². The number of nitrogens with zero attached hydrogens (tertiary/aromatic N) is 1. The van der Waals surface area contributed by atoms with Gasteiger partial charge in [-0.1, -0.05) is 42.5 Å². The van der Waals surface area contributed by atoms with Gasteiger partial charge in [-0.3, -0.25) is 4.79 Å². The van der Waals surface area contributed by atoms with Crippen molar-refractivity contribution in [3.8, 4) is 5.88 Å². The molecule has 0 radical (unpaired) electrons. The molecule has 4 heteroatoms. The Labute approximate surface area is 161 Å². The fourth-order valence-corrected chi connectivity index (χ4v) is 2.48. The third-order valence-corrected chi connectivity index (χ3v) is 3.89. The molecular formula is C23H28N2O2. The van der Waals surface area contributed by atoms with Gasteiger partial charge in [-0.15, -0.1) is 0 Å². The normalized spacial score (nSPS) is 11.7. The molecule has 27 heavy (non-hydrogen) atoms. The number of aromatic nitrogens is 1. The molecule has 0 saturated heterocycles. The van der Waals surface area contributed by atoms with Crippen LogP contribution in [0.3, 0.4) is 0 Å². The van der Waals surface area contributed by atoms with Gasteiger partial charge in [0.05, 0.1) is 12.1 Å². The number of pyridine rings is 1. The van der Waals surface area contributed by atoms with Crippen LogP contribution in [0.5, 0.6) is 5.88 Å². The van der Waals surface area contributed by atoms with Gasteiger partial charge in [-0.05, 0) is 50.8 Å². The van der Waals surface area contributed by atoms with E-state index in [0.717, 1.165) is 41.3 Å². The minimum Gasteiger partial charge on any atom is -0.478 e. The van der Waals surface area contributed by atoms with Crippen LogP contribution in [0, 0.1) is 0 Å². The number of benzene rings is 1. The third-order valence-electron chi connectivity index (χ3n) is 3.89. The summed E-state index contributed by atoms with van der Waals surface area (Å²) >= 11 is 0. The predicted octanol–water partition coefficient (Wildman–Crippen LogP) is 4.98. The van der Waals surface area contributed by atoms with Gasteiger partial charge in [-0.2, -0.15) is 0 Å². The number of amides is 1. The molecule has 2 aromatic rings. The zero-order valence-electron chi connectivity index (χ0n) is 16.2. The minimum atomic E-state index is -0.0866. The first-order valence-electron chi connectivity index (χ1n) is 9.30. The van der Waals surface area contributed by atoms with Gasteiger partial charge >= 0.3 is 0 Å². The Kier molecular flexibility index (Phi) is 8.30. The molecule has 1 aromatic heterocycles. The van der Waals surface area contributed by atoms with Crippen molar-refractivity contribution in [3.05, 3.63) is 72.4 Å². The number of nitrogens with one attached hydrogen (secondary N) is 1. The van der Waals surface area contributed by atoms with Crippen molar-refractivity contribution in [1.82, 2.24) is 10.3 Å². The standard InChI is InChI=1S/C23H28N2O2/c1-18(2)17-24-22(26)16-19(3)10-6-4-5-9-15-27-23-14-13-20-11-7-8-12-21(20)25-23/h6-8,10-14,16H,1,4-5,9,15,17H2,2-3H3,(H,24,26). The molecule has 0 atom stereocenters. The Bertz CT molecular complexity index is 837. The molecule has 0 aliphatic carbocycles. The lowest BCUT2D eigenvalue weighted by molar-refractivity contribution is -0.116. The average Bonchev–Trinajstić information content (AvgIpc) is 2.65. The fraction of sp³-hybridized carbons (Fsp3) is 0.304. The van der Waals surface area contributed by atoms with Gasteiger partial charge in [0.25, 0.3) is 0 Å². The highest BCUT2D eigenvalue weighted by molar-refractivity contribution is 5.88. The molecule has 1 aromatic carbocycles. The Balaban J connectivity index is 1.63. The number of hydrogen-bond donors (Lipinski definition) is 1. The van der Waals surface area contributed by atoms with Gasteiger partial charge < -0.3 is 10.1 Å². The molecule has 0 unspecified atom stereocenters. The van der Waals surface area contributed by atoms with Crippen LogP contribution >= 0.6 is 0 Å². The maximum atomic E-state index is 11.7. The molecule has 142 valence electrons. The molecule has 0 saturated carbocycles. The quantitative estimate of drug-likeness (QED) is 0.280. The number of hydrogen-bond acceptors (Lipinski definition) is 3. The molecule has 1 heterocycles. The summed E-state index contributed by atoms with van der Waals surface area (Å²) in [5, 5.41) is 3.90. The average molecular weight is 364 g/mol. The van der Waals surface area contributed by atoms with Crippen molar-refractivity contribution in [2.24, 2.45) is 0 Å². The van der Waals surface area contributed by atoms with Crippen molar-refractivity contribution in [3.63, 3.8) is 0 Å². The fourth-order valence-electron chi connectivity index (χ4n) is 2.48. The number of fused-ring (bicyclic) bond motifs is 1. The van der Waals surface area contributed by atoms with Gasteiger partial charge in [0.1, 0.15) is 0 Å². The Morgan fingerprint density at radius 1 is 1.19 bits per heavy atom. The summed E-state index contributed by atoms with van der Waals surface area (Å²) in [5.74, 6) is 0.584. The van der Waals surface area contributed by atoms with Crippen LogP contribution in [0.25, 0.3) is 10.9 Å². The number of rotatable bonds is 10. The summed E-state index contributed by atoms with van der Waals surface area (Å²) in [4.78, 5) is 16.2. The van der Waals surface area contributed by atoms with E-state index < -0.39 is 0 Å². The lowest BCUT2D eigenvalue weighted by Crippen LogP contribution is -2.22. The van der Waals surface area contributed by atoms with E-state index in [9.17, 15) is 4.79 Å². The van der Waals surface area contributed by atoms with Crippen LogP contribution in [-0.2, 0) is 4.79 Å². The number of carbonyl (C=O) groups is 1. The summed E-state index contributed by atoms with van der Waals surface area (Å²) in [6, 6.07) is 12.0. The molecular weight excluding hydrogens is 336 g/mol. The lowest BCUT2D eigenvalue weighted by atomic mass is 10.2. The van der Waals surface area contributed by atoms with E-state index in [1.165, 1.54) is 0 Å². The molecule has 0 fully saturated rings. The van der Waals surface area contributed by atoms with Crippen molar-refractivity contribution < 1.29 is 9.53 Å². The first-order chi connectivity index (χ1) is 13.0. The van der Waals surface area contributed by atoms with E-state index in [2.05, 4.69) is 23.0 Å². The topological polar surface area (TPSA) is 51.2 Å². The predicted molar refractivity (Wildman–Crippen MR) is 112 cm³/mol. The zero-order valence-corrected chi connectivity index (χ0v) is 16.2. The third kappa shape index (κ3) is 7.90. The number of ether oxygens (including phenoxy) is 1. The van der Waals surface area contributed by atoms with Gasteiger partial charge in [0.15, 0.2) is 0 Å². The minimum absolute atomic E-state index is 0.0866. The van der Waals surface area contributed by atoms with Crippen molar-refractivity contribution in [2.75, 3.05) is 13.2 Å². The SMILES string of the molecule is C=C(C)CNC(=O)C=C(C)C=CCCCCOc1ccc2ccccc2n1. The Morgan fingerprint density at radius 3 is 2.81 bits per heavy atom. The van der Waals surface area contributed by atoms with Crippen molar-refractivity contribution >= 4 is 16.8 Å². The second kappa shape index (κ2) is 11.0. The zero-order chi connectivity index (χ0) is 19.5. The van der Waals surface area contributed by atoms with E-state index in [0.29, 0.717) is 19.0 Å². The second-order valence-corrected chi connectivity index (χ2v) is 6.65. The summed E-state index contributed by atoms with van der Waals surface area (Å²) in [7, 11) is 0. The summed E-state index contributed by atoms with van der Waals surface area (Å²) in [6.07, 6.45) is 8.61. The smallest absolute Gasteiger partial charge is 0.244 e. The largest absolute Gasteiger partial charge is 0.478 e. The van der Waals surface area contributed by atoms with E-state index in [4.69, 9.17) is 4.74 Å². The van der Waals surface area contributed by atoms with E-state index in [1.54, 1.807) is 6.08 Å². The van der Waals surface area contributed by atoms with Crippen molar-refractivity contribution in [1.29, 1.82) is 0 Å². The highest BCUT2D eigenvalue weighted by atomic mass is 16.5. The number of unbranched alkanes of at least 4 members (excludes halogenated alkanes) is 2. The maximum absolute atomic E-state index is 11.7. The summed E-state index contributed by atoms with van der Waals surface area (Å²) in [6.45, 7) is 8.73. The molecule has 0 spiro atoms. The number of para-hydroxylation sites is 1. The first kappa shape index (κ1) is 20.4. The monoisotopic (exact) mass is 364 g/mol. The van der Waals surface area contributed by atoms with Gasteiger partial charge in [0.2, 0.25) is 11.8 Å². The van der Waals surface area contributed by atoms with Gasteiger partial charge in [0, 0.05) is 24.1 Å². The highest BCUT2D eigenvalue weighted by Crippen LogP contribution is 2.16. The highest BCUT2D eigenvalue weighted by Gasteiger charge is 1.99. The summed E-state index contributed by atoms with van der Waals surface area (Å²) in [5.41, 5.74) is 2.82. The van der Waals surface area contributed by atoms with Crippen LogP contribution < -0.4 is 10.1 Å². The molecule has 0 aliphatic rings. The number of carbonyl (C=O) groups excluding carboxylic acids is 1. The van der Waals surface area contributed by atoms with Crippen LogP contribution in [-0.4, -0.2) is 24.0 Å². The van der Waals surface area contributed by atoms with Crippen molar-refractivity contribution in [2.45, 2.75) is 33.1 Å².